The molecule has 7 atom stereocenters. The van der Waals surface area contributed by atoms with Crippen molar-refractivity contribution in [2.75, 3.05) is 0 Å². The summed E-state index contributed by atoms with van der Waals surface area (Å²) in [6, 6.07) is 0. The van der Waals surface area contributed by atoms with Gasteiger partial charge in [0, 0.05) is 0 Å². The number of hydrogen-bond donors (Lipinski definition) is 2. The first-order chi connectivity index (χ1) is 12.1. The van der Waals surface area contributed by atoms with Crippen LogP contribution < -0.4 is 0 Å². The highest BCUT2D eigenvalue weighted by molar-refractivity contribution is 5.77. The van der Waals surface area contributed by atoms with Gasteiger partial charge in [0.05, 0.1) is 11.5 Å². The number of aliphatic carboxylic acids is 1. The lowest BCUT2D eigenvalue weighted by molar-refractivity contribution is -0.145. The molecule has 4 aliphatic rings. The minimum Gasteiger partial charge on any atom is -0.481 e. The molecule has 146 valence electrons. The third-order valence-corrected chi connectivity index (χ3v) is 9.61. The van der Waals surface area contributed by atoms with Crippen molar-refractivity contribution < 1.29 is 15.0 Å². The summed E-state index contributed by atoms with van der Waals surface area (Å²) in [4.78, 5) is 11.7. The van der Waals surface area contributed by atoms with Gasteiger partial charge in [0.1, 0.15) is 0 Å². The van der Waals surface area contributed by atoms with E-state index in [0.29, 0.717) is 17.3 Å². The quantitative estimate of drug-likeness (QED) is 0.679. The van der Waals surface area contributed by atoms with Gasteiger partial charge in [-0.05, 0) is 99.7 Å². The summed E-state index contributed by atoms with van der Waals surface area (Å²) in [5.41, 5.74) is 0.864. The number of carboxylic acid groups (broad SMARTS) is 1. The molecule has 2 N–H and O–H groups in total. The Balaban J connectivity index is 1.61. The van der Waals surface area contributed by atoms with Crippen LogP contribution in [0, 0.1) is 39.9 Å². The first-order valence-corrected chi connectivity index (χ1v) is 10.7. The fraction of sp³-hybridized carbons (Fsp3) is 0.870. The molecule has 0 heterocycles. The molecule has 3 nitrogen and oxygen atoms in total. The first kappa shape index (κ1) is 18.5. The van der Waals surface area contributed by atoms with E-state index in [2.05, 4.69) is 19.9 Å². The molecule has 4 aliphatic carbocycles. The Morgan fingerprint density at radius 2 is 1.77 bits per heavy atom. The maximum atomic E-state index is 11.7. The SMILES string of the molecule is CC(C)(C(=O)O)C1=CC[C@@]2(C)[C@@H](CC[C@H]3[C@H]2CC[C@]2(C)[C@@H](O)CC[C@@H]32)C1. The Hall–Kier alpha value is -0.830. The zero-order chi connectivity index (χ0) is 18.9. The zero-order valence-corrected chi connectivity index (χ0v) is 16.9. The summed E-state index contributed by atoms with van der Waals surface area (Å²) in [6.07, 6.45) is 11.3. The molecule has 0 aromatic rings. The Morgan fingerprint density at radius 3 is 2.46 bits per heavy atom. The maximum absolute atomic E-state index is 11.7. The van der Waals surface area contributed by atoms with Crippen molar-refractivity contribution in [3.63, 3.8) is 0 Å². The predicted molar refractivity (Wildman–Crippen MR) is 103 cm³/mol. The van der Waals surface area contributed by atoms with Gasteiger partial charge >= 0.3 is 5.97 Å². The number of carbonyl (C=O) groups is 1. The highest BCUT2D eigenvalue weighted by Crippen LogP contribution is 2.66. The number of aliphatic hydroxyl groups is 1. The van der Waals surface area contributed by atoms with Gasteiger partial charge in [-0.15, -0.1) is 0 Å². The Labute approximate surface area is 158 Å². The van der Waals surface area contributed by atoms with Crippen molar-refractivity contribution in [3.05, 3.63) is 11.6 Å². The van der Waals surface area contributed by atoms with Crippen LogP contribution in [0.5, 0.6) is 0 Å². The van der Waals surface area contributed by atoms with E-state index in [0.717, 1.165) is 36.7 Å². The van der Waals surface area contributed by atoms with Gasteiger partial charge in [0.25, 0.3) is 0 Å². The van der Waals surface area contributed by atoms with Crippen molar-refractivity contribution in [2.45, 2.75) is 85.2 Å². The van der Waals surface area contributed by atoms with Crippen LogP contribution in [0.1, 0.15) is 79.1 Å². The lowest BCUT2D eigenvalue weighted by Gasteiger charge is -2.60. The van der Waals surface area contributed by atoms with Gasteiger partial charge in [-0.2, -0.15) is 0 Å². The lowest BCUT2D eigenvalue weighted by Crippen LogP contribution is -2.53. The second-order valence-electron chi connectivity index (χ2n) is 10.9. The summed E-state index contributed by atoms with van der Waals surface area (Å²) in [5.74, 6) is 2.12. The van der Waals surface area contributed by atoms with Crippen molar-refractivity contribution in [3.8, 4) is 0 Å². The van der Waals surface area contributed by atoms with E-state index in [4.69, 9.17) is 0 Å². The van der Waals surface area contributed by atoms with Crippen molar-refractivity contribution >= 4 is 5.97 Å². The molecule has 0 aliphatic heterocycles. The summed E-state index contributed by atoms with van der Waals surface area (Å²) in [7, 11) is 0. The van der Waals surface area contributed by atoms with Gasteiger partial charge < -0.3 is 10.2 Å². The van der Waals surface area contributed by atoms with E-state index in [1.807, 2.05) is 13.8 Å². The van der Waals surface area contributed by atoms with Crippen molar-refractivity contribution in [1.29, 1.82) is 0 Å². The third-order valence-electron chi connectivity index (χ3n) is 9.61. The number of rotatable bonds is 2. The lowest BCUT2D eigenvalue weighted by atomic mass is 9.45. The number of fused-ring (bicyclic) bond motifs is 5. The van der Waals surface area contributed by atoms with Crippen LogP contribution in [-0.2, 0) is 4.79 Å². The maximum Gasteiger partial charge on any atom is 0.313 e. The Kier molecular flexibility index (Phi) is 4.16. The van der Waals surface area contributed by atoms with Gasteiger partial charge in [-0.1, -0.05) is 25.5 Å². The normalized spacial score (nSPS) is 48.2. The monoisotopic (exact) mass is 360 g/mol. The topological polar surface area (TPSA) is 57.5 Å². The minimum absolute atomic E-state index is 0.104. The van der Waals surface area contributed by atoms with E-state index in [9.17, 15) is 15.0 Å². The summed E-state index contributed by atoms with van der Waals surface area (Å²) in [6.45, 7) is 8.56. The molecule has 0 radical (unpaired) electrons. The molecular formula is C23H36O3. The summed E-state index contributed by atoms with van der Waals surface area (Å²) < 4.78 is 0. The molecule has 0 spiro atoms. The highest BCUT2D eigenvalue weighted by Gasteiger charge is 2.59. The smallest absolute Gasteiger partial charge is 0.313 e. The highest BCUT2D eigenvalue weighted by atomic mass is 16.4. The fourth-order valence-electron chi connectivity index (χ4n) is 7.50. The molecule has 4 rings (SSSR count). The molecule has 0 aromatic heterocycles. The third kappa shape index (κ3) is 2.38. The molecule has 3 fully saturated rings. The van der Waals surface area contributed by atoms with Gasteiger partial charge in [-0.25, -0.2) is 0 Å². The van der Waals surface area contributed by atoms with Crippen molar-refractivity contribution in [1.82, 2.24) is 0 Å². The first-order valence-electron chi connectivity index (χ1n) is 10.7. The van der Waals surface area contributed by atoms with E-state index in [1.165, 1.54) is 32.1 Å². The van der Waals surface area contributed by atoms with E-state index in [-0.39, 0.29) is 11.5 Å². The zero-order valence-electron chi connectivity index (χ0n) is 16.9. The molecule has 3 heteroatoms. The van der Waals surface area contributed by atoms with Crippen LogP contribution in [0.3, 0.4) is 0 Å². The number of aliphatic hydroxyl groups excluding tert-OH is 1. The van der Waals surface area contributed by atoms with Crippen molar-refractivity contribution in [2.24, 2.45) is 39.9 Å². The molecule has 0 aromatic carbocycles. The van der Waals surface area contributed by atoms with Gasteiger partial charge in [0.15, 0.2) is 0 Å². The number of hydrogen-bond acceptors (Lipinski definition) is 2. The average molecular weight is 361 g/mol. The van der Waals surface area contributed by atoms with Gasteiger partial charge in [0.2, 0.25) is 0 Å². The molecule has 0 unspecified atom stereocenters. The average Bonchev–Trinajstić information content (AvgIpc) is 2.89. The summed E-state index contributed by atoms with van der Waals surface area (Å²) >= 11 is 0. The van der Waals surface area contributed by atoms with Gasteiger partial charge in [-0.3, -0.25) is 4.79 Å². The molecule has 0 bridgehead atoms. The fourth-order valence-corrected chi connectivity index (χ4v) is 7.50. The van der Waals surface area contributed by atoms with E-state index < -0.39 is 11.4 Å². The minimum atomic E-state index is -0.737. The van der Waals surface area contributed by atoms with Crippen LogP contribution in [0.25, 0.3) is 0 Å². The molecule has 26 heavy (non-hydrogen) atoms. The molecular weight excluding hydrogens is 324 g/mol. The molecule has 3 saturated carbocycles. The Bertz CT molecular complexity index is 635. The second kappa shape index (κ2) is 5.83. The van der Waals surface area contributed by atoms with E-state index >= 15 is 0 Å². The molecule has 0 saturated heterocycles. The number of allylic oxidation sites excluding steroid dienone is 1. The van der Waals surface area contributed by atoms with Crippen LogP contribution >= 0.6 is 0 Å². The van der Waals surface area contributed by atoms with E-state index in [1.54, 1.807) is 0 Å². The second-order valence-corrected chi connectivity index (χ2v) is 10.9. The number of carboxylic acids is 1. The van der Waals surface area contributed by atoms with Crippen LogP contribution in [0.15, 0.2) is 11.6 Å². The summed E-state index contributed by atoms with van der Waals surface area (Å²) in [5, 5.41) is 20.2. The standard InChI is InChI=1S/C23H36O3/c1-21(2,20(25)26)14-9-11-22(3)15(13-14)5-6-16-17-7-8-19(24)23(17,4)12-10-18(16)22/h9,15-19,24H,5-8,10-13H2,1-4H3,(H,25,26)/t15-,16+,17-,18+,19-,22-,23-/m0/s1. The van der Waals surface area contributed by atoms with Crippen LogP contribution in [0.4, 0.5) is 0 Å². The largest absolute Gasteiger partial charge is 0.481 e. The Morgan fingerprint density at radius 1 is 1.08 bits per heavy atom. The van der Waals surface area contributed by atoms with Crippen LogP contribution in [-0.4, -0.2) is 22.3 Å². The molecule has 0 amide bonds. The van der Waals surface area contributed by atoms with Crippen LogP contribution in [0.2, 0.25) is 0 Å². The predicted octanol–water partition coefficient (Wildman–Crippen LogP) is 5.04.